The van der Waals surface area contributed by atoms with Crippen LogP contribution in [0.2, 0.25) is 15.1 Å². The molecule has 0 saturated carbocycles. The van der Waals surface area contributed by atoms with Crippen molar-refractivity contribution in [2.75, 3.05) is 5.32 Å². The van der Waals surface area contributed by atoms with Gasteiger partial charge in [0.1, 0.15) is 23.9 Å². The van der Waals surface area contributed by atoms with Crippen LogP contribution in [0.15, 0.2) is 65.1 Å². The summed E-state index contributed by atoms with van der Waals surface area (Å²) in [5, 5.41) is 14.9. The van der Waals surface area contributed by atoms with Crippen LogP contribution in [0, 0.1) is 24.0 Å². The van der Waals surface area contributed by atoms with Crippen molar-refractivity contribution in [1.29, 1.82) is 0 Å². The van der Waals surface area contributed by atoms with Gasteiger partial charge in [-0.15, -0.1) is 0 Å². The van der Waals surface area contributed by atoms with E-state index in [0.29, 0.717) is 16.5 Å². The number of aryl methyl sites for hydroxylation is 2. The molecule has 1 heterocycles. The Balaban J connectivity index is 1.48. The minimum Gasteiger partial charge on any atom is -0.483 e. The highest BCUT2D eigenvalue weighted by atomic mass is 35.5. The number of halogens is 3. The standard InChI is InChI=1S/C26H19Cl3N2O6/c1-14-5-15(2)7-20(6-14)36-21-11-17(10-18(12-21)31(33)34)30-26(32)24-4-3-19(37-24)13-35-25-22(28)8-16(27)9-23(25)29/h3-12H,13H2,1-2H3,(H,30,32). The SMILES string of the molecule is Cc1cc(C)cc(Oc2cc(NC(=O)c3ccc(COc4c(Cl)cc(Cl)cc4Cl)o3)cc([N+](=O)[O-])c2)c1. The smallest absolute Gasteiger partial charge is 0.291 e. The number of furan rings is 1. The van der Waals surface area contributed by atoms with E-state index in [1.54, 1.807) is 18.2 Å². The lowest BCUT2D eigenvalue weighted by atomic mass is 10.1. The molecule has 37 heavy (non-hydrogen) atoms. The number of carbonyl (C=O) groups excluding carboxylic acids is 1. The fourth-order valence-electron chi connectivity index (χ4n) is 3.53. The second-order valence-electron chi connectivity index (χ2n) is 8.11. The average Bonchev–Trinajstić information content (AvgIpc) is 3.26. The van der Waals surface area contributed by atoms with Gasteiger partial charge >= 0.3 is 0 Å². The molecule has 0 spiro atoms. The normalized spacial score (nSPS) is 10.7. The number of carbonyl (C=O) groups is 1. The number of anilines is 1. The Hall–Kier alpha value is -3.72. The summed E-state index contributed by atoms with van der Waals surface area (Å²) in [6.45, 7) is 3.78. The van der Waals surface area contributed by atoms with Crippen LogP contribution in [0.1, 0.15) is 27.4 Å². The summed E-state index contributed by atoms with van der Waals surface area (Å²) in [6.07, 6.45) is 0. The van der Waals surface area contributed by atoms with Crippen LogP contribution in [0.25, 0.3) is 0 Å². The molecule has 1 aromatic heterocycles. The summed E-state index contributed by atoms with van der Waals surface area (Å²) in [6, 6.07) is 15.6. The quantitative estimate of drug-likeness (QED) is 0.171. The third-order valence-electron chi connectivity index (χ3n) is 5.00. The number of non-ortho nitro benzene ring substituents is 1. The van der Waals surface area contributed by atoms with E-state index in [0.717, 1.165) is 11.1 Å². The summed E-state index contributed by atoms with van der Waals surface area (Å²) in [5.74, 6) is 0.613. The zero-order valence-electron chi connectivity index (χ0n) is 19.5. The van der Waals surface area contributed by atoms with Crippen LogP contribution in [0.5, 0.6) is 17.2 Å². The molecule has 0 saturated heterocycles. The van der Waals surface area contributed by atoms with Gasteiger partial charge in [-0.2, -0.15) is 0 Å². The van der Waals surface area contributed by atoms with Crippen LogP contribution in [0.3, 0.4) is 0 Å². The van der Waals surface area contributed by atoms with Crippen LogP contribution in [0.4, 0.5) is 11.4 Å². The Kier molecular flexibility index (Phi) is 7.92. The molecule has 1 amide bonds. The highest BCUT2D eigenvalue weighted by Gasteiger charge is 2.17. The molecule has 0 atom stereocenters. The van der Waals surface area contributed by atoms with E-state index in [1.807, 2.05) is 19.9 Å². The van der Waals surface area contributed by atoms with Crippen LogP contribution >= 0.6 is 34.8 Å². The summed E-state index contributed by atoms with van der Waals surface area (Å²) >= 11 is 18.1. The first-order chi connectivity index (χ1) is 17.6. The molecule has 0 bridgehead atoms. The fourth-order valence-corrected chi connectivity index (χ4v) is 4.45. The number of ether oxygens (including phenoxy) is 2. The molecule has 0 aliphatic rings. The molecule has 190 valence electrons. The lowest BCUT2D eigenvalue weighted by Crippen LogP contribution is -2.11. The van der Waals surface area contributed by atoms with E-state index < -0.39 is 10.8 Å². The van der Waals surface area contributed by atoms with Crippen molar-refractivity contribution >= 4 is 52.1 Å². The van der Waals surface area contributed by atoms with Crippen molar-refractivity contribution in [2.24, 2.45) is 0 Å². The van der Waals surface area contributed by atoms with Crippen LogP contribution in [-0.4, -0.2) is 10.8 Å². The van der Waals surface area contributed by atoms with Crippen molar-refractivity contribution in [1.82, 2.24) is 0 Å². The minimum atomic E-state index is -0.619. The molecule has 4 rings (SSSR count). The number of nitro groups is 1. The Labute approximate surface area is 226 Å². The highest BCUT2D eigenvalue weighted by Crippen LogP contribution is 2.36. The number of rotatable bonds is 8. The molecule has 8 nitrogen and oxygen atoms in total. The minimum absolute atomic E-state index is 0.0322. The van der Waals surface area contributed by atoms with Crippen molar-refractivity contribution in [3.63, 3.8) is 0 Å². The predicted octanol–water partition coefficient (Wildman–Crippen LogP) is 8.39. The van der Waals surface area contributed by atoms with Crippen molar-refractivity contribution in [2.45, 2.75) is 20.5 Å². The molecule has 0 aliphatic carbocycles. The second-order valence-corrected chi connectivity index (χ2v) is 9.36. The predicted molar refractivity (Wildman–Crippen MR) is 142 cm³/mol. The monoisotopic (exact) mass is 560 g/mol. The van der Waals surface area contributed by atoms with E-state index in [1.165, 1.54) is 36.4 Å². The van der Waals surface area contributed by atoms with E-state index in [9.17, 15) is 14.9 Å². The summed E-state index contributed by atoms with van der Waals surface area (Å²) < 4.78 is 17.0. The van der Waals surface area contributed by atoms with E-state index in [2.05, 4.69) is 5.32 Å². The van der Waals surface area contributed by atoms with Crippen LogP contribution < -0.4 is 14.8 Å². The van der Waals surface area contributed by atoms with E-state index >= 15 is 0 Å². The number of hydrogen-bond donors (Lipinski definition) is 1. The summed E-state index contributed by atoms with van der Waals surface area (Å²) in [7, 11) is 0. The molecule has 0 radical (unpaired) electrons. The first kappa shape index (κ1) is 26.3. The number of benzene rings is 3. The number of nitro benzene ring substituents is 1. The molecular weight excluding hydrogens is 543 g/mol. The van der Waals surface area contributed by atoms with Gasteiger partial charge in [0.2, 0.25) is 0 Å². The molecule has 0 aliphatic heterocycles. The van der Waals surface area contributed by atoms with Gasteiger partial charge in [-0.3, -0.25) is 14.9 Å². The number of amides is 1. The molecule has 3 aromatic carbocycles. The maximum absolute atomic E-state index is 12.8. The first-order valence-corrected chi connectivity index (χ1v) is 11.9. The highest BCUT2D eigenvalue weighted by molar-refractivity contribution is 6.40. The van der Waals surface area contributed by atoms with Gasteiger partial charge in [-0.25, -0.2) is 0 Å². The first-order valence-electron chi connectivity index (χ1n) is 10.8. The molecule has 11 heteroatoms. The van der Waals surface area contributed by atoms with Crippen LogP contribution in [-0.2, 0) is 6.61 Å². The van der Waals surface area contributed by atoms with Gasteiger partial charge in [-0.05, 0) is 61.4 Å². The van der Waals surface area contributed by atoms with Crippen molar-refractivity contribution < 1.29 is 23.6 Å². The lowest BCUT2D eigenvalue weighted by molar-refractivity contribution is -0.384. The number of nitrogens with zero attached hydrogens (tertiary/aromatic N) is 1. The maximum atomic E-state index is 12.8. The number of nitrogens with one attached hydrogen (secondary N) is 1. The van der Waals surface area contributed by atoms with Gasteiger partial charge in [0.15, 0.2) is 11.5 Å². The largest absolute Gasteiger partial charge is 0.483 e. The topological polar surface area (TPSA) is 104 Å². The van der Waals surface area contributed by atoms with Gasteiger partial charge in [-0.1, -0.05) is 40.9 Å². The second kappa shape index (κ2) is 11.1. The maximum Gasteiger partial charge on any atom is 0.291 e. The molecule has 1 N–H and O–H groups in total. The average molecular weight is 562 g/mol. The third kappa shape index (κ3) is 6.74. The molecule has 0 fully saturated rings. The zero-order chi connectivity index (χ0) is 26.7. The Morgan fingerprint density at radius 1 is 0.946 bits per heavy atom. The van der Waals surface area contributed by atoms with Gasteiger partial charge < -0.3 is 19.2 Å². The van der Waals surface area contributed by atoms with Gasteiger partial charge in [0.25, 0.3) is 11.6 Å². The third-order valence-corrected chi connectivity index (χ3v) is 5.78. The Morgan fingerprint density at radius 3 is 2.24 bits per heavy atom. The lowest BCUT2D eigenvalue weighted by Gasteiger charge is -2.10. The molecule has 0 unspecified atom stereocenters. The fraction of sp³-hybridized carbons (Fsp3) is 0.115. The number of hydrogen-bond acceptors (Lipinski definition) is 6. The van der Waals surface area contributed by atoms with Gasteiger partial charge in [0, 0.05) is 17.2 Å². The van der Waals surface area contributed by atoms with Gasteiger partial charge in [0.05, 0.1) is 26.7 Å². The van der Waals surface area contributed by atoms with E-state index in [-0.39, 0.29) is 45.3 Å². The summed E-state index contributed by atoms with van der Waals surface area (Å²) in [5.41, 5.74) is 1.87. The zero-order valence-corrected chi connectivity index (χ0v) is 21.8. The van der Waals surface area contributed by atoms with Crippen molar-refractivity contribution in [3.8, 4) is 17.2 Å². The Bertz CT molecular complexity index is 1460. The van der Waals surface area contributed by atoms with Crippen molar-refractivity contribution in [3.05, 3.63) is 108 Å². The van der Waals surface area contributed by atoms with E-state index in [4.69, 9.17) is 48.7 Å². The molecular formula is C26H19Cl3N2O6. The Morgan fingerprint density at radius 2 is 1.59 bits per heavy atom. The summed E-state index contributed by atoms with van der Waals surface area (Å²) in [4.78, 5) is 23.7. The molecule has 4 aromatic rings.